The average molecular weight is 426 g/mol. The zero-order valence-electron chi connectivity index (χ0n) is 17.0. The van der Waals surface area contributed by atoms with E-state index in [0.29, 0.717) is 0 Å². The maximum absolute atomic E-state index is 6.25. The molecule has 0 radical (unpaired) electrons. The lowest BCUT2D eigenvalue weighted by atomic mass is 10.0. The summed E-state index contributed by atoms with van der Waals surface area (Å²) in [6.45, 7) is 14.0. The molecule has 8 heteroatoms. The molecule has 0 saturated heterocycles. The van der Waals surface area contributed by atoms with Crippen molar-refractivity contribution in [2.75, 3.05) is 58.1 Å². The summed E-state index contributed by atoms with van der Waals surface area (Å²) in [5.41, 5.74) is 6.25. The SMILES string of the molecule is CC(C)(S)CNCCCNCC(C)(S)CC(N)CNCCCNCCS. The van der Waals surface area contributed by atoms with Crippen LogP contribution in [-0.4, -0.2) is 73.6 Å². The van der Waals surface area contributed by atoms with E-state index in [-0.39, 0.29) is 15.5 Å². The van der Waals surface area contributed by atoms with Gasteiger partial charge in [0, 0.05) is 47.5 Å². The first-order chi connectivity index (χ1) is 12.2. The minimum atomic E-state index is -0.0876. The lowest BCUT2D eigenvalue weighted by Crippen LogP contribution is -2.43. The highest BCUT2D eigenvalue weighted by atomic mass is 32.1. The summed E-state index contributed by atoms with van der Waals surface area (Å²) >= 11 is 13.5. The molecular weight excluding hydrogens is 382 g/mol. The molecule has 5 nitrogen and oxygen atoms in total. The molecule has 0 heterocycles. The van der Waals surface area contributed by atoms with Gasteiger partial charge in [-0.1, -0.05) is 0 Å². The Kier molecular flexibility index (Phi) is 16.3. The molecule has 0 aliphatic rings. The van der Waals surface area contributed by atoms with Crippen molar-refractivity contribution in [3.63, 3.8) is 0 Å². The first-order valence-corrected chi connectivity index (χ1v) is 11.3. The van der Waals surface area contributed by atoms with Gasteiger partial charge in [-0.25, -0.2) is 0 Å². The first-order valence-electron chi connectivity index (χ1n) is 9.80. The van der Waals surface area contributed by atoms with Gasteiger partial charge in [0.2, 0.25) is 0 Å². The van der Waals surface area contributed by atoms with Gasteiger partial charge in [-0.15, -0.1) is 0 Å². The quantitative estimate of drug-likeness (QED) is 0.125. The molecule has 0 fully saturated rings. The van der Waals surface area contributed by atoms with E-state index in [9.17, 15) is 0 Å². The minimum Gasteiger partial charge on any atom is -0.327 e. The van der Waals surface area contributed by atoms with Gasteiger partial charge in [0.1, 0.15) is 0 Å². The van der Waals surface area contributed by atoms with E-state index in [4.69, 9.17) is 18.4 Å². The molecule has 2 unspecified atom stereocenters. The predicted molar refractivity (Wildman–Crippen MR) is 128 cm³/mol. The fourth-order valence-corrected chi connectivity index (χ4v) is 3.25. The maximum Gasteiger partial charge on any atom is 0.0241 e. The van der Waals surface area contributed by atoms with E-state index in [1.54, 1.807) is 0 Å². The lowest BCUT2D eigenvalue weighted by molar-refractivity contribution is 0.448. The van der Waals surface area contributed by atoms with E-state index >= 15 is 0 Å². The smallest absolute Gasteiger partial charge is 0.0241 e. The largest absolute Gasteiger partial charge is 0.327 e. The molecule has 2 atom stereocenters. The van der Waals surface area contributed by atoms with Crippen LogP contribution in [0, 0.1) is 0 Å². The Morgan fingerprint density at radius 2 is 1.35 bits per heavy atom. The molecule has 0 aliphatic heterocycles. The van der Waals surface area contributed by atoms with E-state index < -0.39 is 0 Å². The second-order valence-electron chi connectivity index (χ2n) is 8.01. The van der Waals surface area contributed by atoms with Crippen LogP contribution in [0.15, 0.2) is 0 Å². The molecule has 6 N–H and O–H groups in total. The zero-order valence-corrected chi connectivity index (χ0v) is 19.7. The van der Waals surface area contributed by atoms with Crippen molar-refractivity contribution in [3.05, 3.63) is 0 Å². The van der Waals surface area contributed by atoms with Gasteiger partial charge in [-0.3, -0.25) is 0 Å². The molecule has 0 aromatic carbocycles. The second kappa shape index (κ2) is 15.7. The summed E-state index contributed by atoms with van der Waals surface area (Å²) in [5.74, 6) is 0.886. The molecule has 0 saturated carbocycles. The van der Waals surface area contributed by atoms with Crippen molar-refractivity contribution in [3.8, 4) is 0 Å². The number of hydrogen-bond donors (Lipinski definition) is 8. The fourth-order valence-electron chi connectivity index (χ4n) is 2.63. The molecular formula is C18H43N5S3. The van der Waals surface area contributed by atoms with Crippen molar-refractivity contribution in [2.24, 2.45) is 5.73 Å². The van der Waals surface area contributed by atoms with Crippen molar-refractivity contribution >= 4 is 37.9 Å². The van der Waals surface area contributed by atoms with Crippen molar-refractivity contribution in [1.82, 2.24) is 21.3 Å². The van der Waals surface area contributed by atoms with Crippen LogP contribution >= 0.6 is 37.9 Å². The van der Waals surface area contributed by atoms with Crippen LogP contribution in [0.1, 0.15) is 40.0 Å². The predicted octanol–water partition coefficient (Wildman–Crippen LogP) is 1.17. The van der Waals surface area contributed by atoms with E-state index in [1.807, 2.05) is 0 Å². The standard InChI is InChI=1S/C18H43N5S3/c1-17(2,25)14-22-8-5-9-23-15-18(3,26)12-16(19)13-21-7-4-6-20-10-11-24/h16,20-26H,4-15,19H2,1-3H3. The van der Waals surface area contributed by atoms with Gasteiger partial charge < -0.3 is 27.0 Å². The third-order valence-electron chi connectivity index (χ3n) is 3.87. The molecule has 0 bridgehead atoms. The molecule has 26 heavy (non-hydrogen) atoms. The maximum atomic E-state index is 6.25. The number of rotatable bonds is 18. The topological polar surface area (TPSA) is 74.1 Å². The van der Waals surface area contributed by atoms with Gasteiger partial charge in [0.05, 0.1) is 0 Å². The normalized spacial score (nSPS) is 15.8. The number of hydrogen-bond acceptors (Lipinski definition) is 8. The summed E-state index contributed by atoms with van der Waals surface area (Å²) in [6, 6.07) is 0.129. The summed E-state index contributed by atoms with van der Waals surface area (Å²) in [7, 11) is 0. The Hall–Kier alpha value is 0.850. The average Bonchev–Trinajstić information content (AvgIpc) is 2.51. The van der Waals surface area contributed by atoms with Crippen molar-refractivity contribution < 1.29 is 0 Å². The third kappa shape index (κ3) is 19.6. The van der Waals surface area contributed by atoms with E-state index in [2.05, 4.69) is 67.3 Å². The summed E-state index contributed by atoms with van der Waals surface area (Å²) in [5, 5.41) is 13.7. The van der Waals surface area contributed by atoms with Gasteiger partial charge in [-0.05, 0) is 66.2 Å². The van der Waals surface area contributed by atoms with Crippen molar-refractivity contribution in [1.29, 1.82) is 0 Å². The molecule has 158 valence electrons. The monoisotopic (exact) mass is 425 g/mol. The molecule has 0 aromatic rings. The Balaban J connectivity index is 3.60. The number of nitrogens with one attached hydrogen (secondary N) is 4. The van der Waals surface area contributed by atoms with Crippen LogP contribution in [0.25, 0.3) is 0 Å². The highest BCUT2D eigenvalue weighted by Gasteiger charge is 2.22. The Bertz CT molecular complexity index is 324. The van der Waals surface area contributed by atoms with Gasteiger partial charge in [0.15, 0.2) is 0 Å². The van der Waals surface area contributed by atoms with Crippen LogP contribution in [0.3, 0.4) is 0 Å². The summed E-state index contributed by atoms with van der Waals surface area (Å²) < 4.78 is -0.0417. The van der Waals surface area contributed by atoms with Gasteiger partial charge >= 0.3 is 0 Å². The van der Waals surface area contributed by atoms with Gasteiger partial charge in [-0.2, -0.15) is 37.9 Å². The highest BCUT2D eigenvalue weighted by molar-refractivity contribution is 7.82. The minimum absolute atomic E-state index is 0.0458. The first kappa shape index (κ1) is 26.9. The second-order valence-corrected chi connectivity index (χ2v) is 10.7. The fraction of sp³-hybridized carbons (Fsp3) is 1.00. The Morgan fingerprint density at radius 1 is 0.808 bits per heavy atom. The third-order valence-corrected chi connectivity index (χ3v) is 4.60. The van der Waals surface area contributed by atoms with Crippen LogP contribution in [0.5, 0.6) is 0 Å². The van der Waals surface area contributed by atoms with Crippen LogP contribution < -0.4 is 27.0 Å². The van der Waals surface area contributed by atoms with Crippen LogP contribution in [0.2, 0.25) is 0 Å². The summed E-state index contributed by atoms with van der Waals surface area (Å²) in [6.07, 6.45) is 3.10. The molecule has 0 rings (SSSR count). The van der Waals surface area contributed by atoms with Gasteiger partial charge in [0.25, 0.3) is 0 Å². The Labute approximate surface area is 178 Å². The molecule has 0 spiro atoms. The number of nitrogens with two attached hydrogens (primary N) is 1. The molecule has 0 aromatic heterocycles. The van der Waals surface area contributed by atoms with Crippen LogP contribution in [0.4, 0.5) is 0 Å². The van der Waals surface area contributed by atoms with E-state index in [1.165, 1.54) is 0 Å². The zero-order chi connectivity index (χ0) is 19.9. The molecule has 0 amide bonds. The van der Waals surface area contributed by atoms with E-state index in [0.717, 1.165) is 77.4 Å². The lowest BCUT2D eigenvalue weighted by Gasteiger charge is -2.27. The molecule has 0 aliphatic carbocycles. The number of thiol groups is 3. The van der Waals surface area contributed by atoms with Crippen molar-refractivity contribution in [2.45, 2.75) is 55.6 Å². The Morgan fingerprint density at radius 3 is 1.92 bits per heavy atom. The van der Waals surface area contributed by atoms with Crippen LogP contribution in [-0.2, 0) is 0 Å². The highest BCUT2D eigenvalue weighted by Crippen LogP contribution is 2.18. The summed E-state index contributed by atoms with van der Waals surface area (Å²) in [4.78, 5) is 0.